The van der Waals surface area contributed by atoms with Gasteiger partial charge in [-0.2, -0.15) is 18.3 Å². The summed E-state index contributed by atoms with van der Waals surface area (Å²) in [5, 5.41) is 9.29. The Morgan fingerprint density at radius 2 is 1.79 bits per heavy atom. The lowest BCUT2D eigenvalue weighted by Gasteiger charge is -2.58. The summed E-state index contributed by atoms with van der Waals surface area (Å²) in [5.41, 5.74) is 2.94. The van der Waals surface area contributed by atoms with Gasteiger partial charge in [0, 0.05) is 55.2 Å². The van der Waals surface area contributed by atoms with Crippen molar-refractivity contribution in [2.24, 2.45) is 18.4 Å². The molecule has 1 N–H and O–H groups in total. The molecule has 2 saturated heterocycles. The van der Waals surface area contributed by atoms with Gasteiger partial charge in [0.15, 0.2) is 0 Å². The minimum Gasteiger partial charge on any atom is -0.334 e. The third-order valence-electron chi connectivity index (χ3n) is 8.48. The Kier molecular flexibility index (Phi) is 6.36. The number of alkyl halides is 3. The van der Waals surface area contributed by atoms with Crippen molar-refractivity contribution in [3.8, 4) is 11.1 Å². The molecular formula is C28H31F3N6O2. The molecule has 1 spiro atoms. The molecule has 206 valence electrons. The van der Waals surface area contributed by atoms with Gasteiger partial charge < -0.3 is 10.2 Å². The molecule has 39 heavy (non-hydrogen) atoms. The summed E-state index contributed by atoms with van der Waals surface area (Å²) in [6, 6.07) is 8.01. The average molecular weight is 541 g/mol. The van der Waals surface area contributed by atoms with E-state index in [0.717, 1.165) is 46.4 Å². The van der Waals surface area contributed by atoms with Gasteiger partial charge >= 0.3 is 12.1 Å². The van der Waals surface area contributed by atoms with Gasteiger partial charge in [-0.05, 0) is 61.9 Å². The summed E-state index contributed by atoms with van der Waals surface area (Å²) in [4.78, 5) is 31.9. The van der Waals surface area contributed by atoms with Crippen molar-refractivity contribution in [3.05, 3.63) is 42.4 Å². The second-order valence-electron chi connectivity index (χ2n) is 11.4. The highest BCUT2D eigenvalue weighted by Gasteiger charge is 2.58. The van der Waals surface area contributed by atoms with Gasteiger partial charge in [-0.1, -0.05) is 18.6 Å². The Morgan fingerprint density at radius 1 is 1.05 bits per heavy atom. The number of piperidine rings is 1. The highest BCUT2D eigenvalue weighted by atomic mass is 19.4. The number of anilines is 1. The molecule has 1 aliphatic carbocycles. The summed E-state index contributed by atoms with van der Waals surface area (Å²) >= 11 is 0. The fraction of sp³-hybridized carbons (Fsp3) is 0.500. The molecule has 3 fully saturated rings. The quantitative estimate of drug-likeness (QED) is 0.520. The minimum absolute atomic E-state index is 0.0558. The van der Waals surface area contributed by atoms with Gasteiger partial charge in [-0.3, -0.25) is 19.2 Å². The number of likely N-dealkylation sites (tertiary alicyclic amines) is 2. The highest BCUT2D eigenvalue weighted by molar-refractivity contribution is 5.95. The molecule has 0 bridgehead atoms. The minimum atomic E-state index is -4.85. The van der Waals surface area contributed by atoms with Crippen molar-refractivity contribution in [1.82, 2.24) is 24.6 Å². The number of carbonyl (C=O) groups is 2. The van der Waals surface area contributed by atoms with Crippen LogP contribution < -0.4 is 5.32 Å². The molecule has 2 aliphatic heterocycles. The molecule has 0 radical (unpaired) electrons. The zero-order valence-corrected chi connectivity index (χ0v) is 21.8. The molecule has 3 aromatic rings. The molecule has 8 nitrogen and oxygen atoms in total. The number of carbonyl (C=O) groups excluding carboxylic acids is 2. The van der Waals surface area contributed by atoms with Gasteiger partial charge in [0.25, 0.3) is 0 Å². The zero-order valence-electron chi connectivity index (χ0n) is 21.8. The lowest BCUT2D eigenvalue weighted by Crippen LogP contribution is -2.66. The standard InChI is InChI=1S/C28H31F3N6O2/c1-35-23(15-36-7-3-2-4-8-36)22(14-33-35)18-5-6-19-13-32-24(10-20(19)9-18)34-25(38)21-11-27(12-21)16-37(17-27)26(39)28(29,30)31/h5-6,9-10,13-14,21H,2-4,7-8,11-12,15-17H2,1H3,(H,32,34,38). The Bertz CT molecular complexity index is 1410. The molecule has 11 heteroatoms. The van der Waals surface area contributed by atoms with Gasteiger partial charge in [0.05, 0.1) is 11.9 Å². The number of hydrogen-bond acceptors (Lipinski definition) is 5. The van der Waals surface area contributed by atoms with Gasteiger partial charge in [-0.25, -0.2) is 4.98 Å². The summed E-state index contributed by atoms with van der Waals surface area (Å²) in [6.07, 6.45) is 3.45. The molecule has 2 aromatic heterocycles. The van der Waals surface area contributed by atoms with E-state index in [9.17, 15) is 22.8 Å². The molecule has 0 atom stereocenters. The van der Waals surface area contributed by atoms with E-state index >= 15 is 0 Å². The summed E-state index contributed by atoms with van der Waals surface area (Å²) < 4.78 is 39.8. The number of amides is 2. The lowest BCUT2D eigenvalue weighted by molar-refractivity contribution is -0.203. The number of benzene rings is 1. The lowest BCUT2D eigenvalue weighted by atomic mass is 9.57. The topological polar surface area (TPSA) is 83.4 Å². The number of aryl methyl sites for hydroxylation is 1. The van der Waals surface area contributed by atoms with Gasteiger partial charge in [0.2, 0.25) is 5.91 Å². The van der Waals surface area contributed by atoms with Crippen LogP contribution in [-0.4, -0.2) is 68.7 Å². The SMILES string of the molecule is Cn1ncc(-c2ccc3cnc(NC(=O)C4CC5(C4)CN(C(=O)C(F)(F)F)C5)cc3c2)c1CN1CCCCC1. The summed E-state index contributed by atoms with van der Waals surface area (Å²) in [5.74, 6) is -1.86. The predicted molar refractivity (Wildman–Crippen MR) is 139 cm³/mol. The van der Waals surface area contributed by atoms with Crippen LogP contribution in [-0.2, 0) is 23.2 Å². The third kappa shape index (κ3) is 4.99. The van der Waals surface area contributed by atoms with E-state index < -0.39 is 12.1 Å². The molecule has 0 unspecified atom stereocenters. The number of fused-ring (bicyclic) bond motifs is 1. The van der Waals surface area contributed by atoms with Crippen molar-refractivity contribution in [2.75, 3.05) is 31.5 Å². The van der Waals surface area contributed by atoms with E-state index in [4.69, 9.17) is 0 Å². The highest BCUT2D eigenvalue weighted by Crippen LogP contribution is 2.52. The maximum atomic E-state index is 12.8. The van der Waals surface area contributed by atoms with E-state index in [2.05, 4.69) is 32.4 Å². The normalized spacial score (nSPS) is 19.6. The van der Waals surface area contributed by atoms with Crippen molar-refractivity contribution < 1.29 is 22.8 Å². The number of rotatable bonds is 5. The van der Waals surface area contributed by atoms with E-state index in [1.165, 1.54) is 25.0 Å². The molecule has 2 amide bonds. The molecule has 6 rings (SSSR count). The van der Waals surface area contributed by atoms with Crippen molar-refractivity contribution >= 4 is 28.4 Å². The predicted octanol–water partition coefficient (Wildman–Crippen LogP) is 4.36. The maximum absolute atomic E-state index is 12.8. The smallest absolute Gasteiger partial charge is 0.334 e. The molecule has 4 heterocycles. The van der Waals surface area contributed by atoms with Crippen LogP contribution in [0.25, 0.3) is 21.9 Å². The fourth-order valence-corrected chi connectivity index (χ4v) is 6.34. The van der Waals surface area contributed by atoms with Gasteiger partial charge in [0.1, 0.15) is 5.82 Å². The van der Waals surface area contributed by atoms with Crippen LogP contribution in [0.1, 0.15) is 37.8 Å². The monoisotopic (exact) mass is 540 g/mol. The van der Waals surface area contributed by atoms with Gasteiger partial charge in [-0.15, -0.1) is 0 Å². The summed E-state index contributed by atoms with van der Waals surface area (Å²) in [6.45, 7) is 3.17. The van der Waals surface area contributed by atoms with Crippen LogP contribution in [0.4, 0.5) is 19.0 Å². The first-order valence-electron chi connectivity index (χ1n) is 13.4. The van der Waals surface area contributed by atoms with Crippen molar-refractivity contribution in [2.45, 2.75) is 44.8 Å². The Hall–Kier alpha value is -3.47. The van der Waals surface area contributed by atoms with E-state index in [1.54, 1.807) is 6.20 Å². The van der Waals surface area contributed by atoms with E-state index in [0.29, 0.717) is 18.7 Å². The van der Waals surface area contributed by atoms with Crippen LogP contribution in [0.3, 0.4) is 0 Å². The van der Waals surface area contributed by atoms with Crippen molar-refractivity contribution in [1.29, 1.82) is 0 Å². The first kappa shape index (κ1) is 25.8. The van der Waals surface area contributed by atoms with Crippen LogP contribution in [0.2, 0.25) is 0 Å². The largest absolute Gasteiger partial charge is 0.471 e. The number of aromatic nitrogens is 3. The van der Waals surface area contributed by atoms with E-state index in [1.807, 2.05) is 30.1 Å². The number of pyridine rings is 1. The fourth-order valence-electron chi connectivity index (χ4n) is 6.34. The third-order valence-corrected chi connectivity index (χ3v) is 8.48. The summed E-state index contributed by atoms with van der Waals surface area (Å²) in [7, 11) is 1.97. The van der Waals surface area contributed by atoms with Crippen molar-refractivity contribution in [3.63, 3.8) is 0 Å². The molecule has 3 aliphatic rings. The second-order valence-corrected chi connectivity index (χ2v) is 11.4. The Labute approximate surface area is 224 Å². The first-order valence-corrected chi connectivity index (χ1v) is 13.4. The van der Waals surface area contributed by atoms with Crippen LogP contribution in [0.15, 0.2) is 36.7 Å². The molecule has 1 aromatic carbocycles. The molecule has 1 saturated carbocycles. The first-order chi connectivity index (χ1) is 18.6. The van der Waals surface area contributed by atoms with Crippen LogP contribution in [0.5, 0.6) is 0 Å². The van der Waals surface area contributed by atoms with Crippen LogP contribution >= 0.6 is 0 Å². The number of hydrogen-bond donors (Lipinski definition) is 1. The molecular weight excluding hydrogens is 509 g/mol. The van der Waals surface area contributed by atoms with E-state index in [-0.39, 0.29) is 30.3 Å². The second kappa shape index (κ2) is 9.62. The average Bonchev–Trinajstić information content (AvgIpc) is 3.21. The number of nitrogens with one attached hydrogen (secondary N) is 1. The maximum Gasteiger partial charge on any atom is 0.471 e. The number of halogens is 3. The Morgan fingerprint density at radius 3 is 2.51 bits per heavy atom. The Balaban J connectivity index is 1.12. The zero-order chi connectivity index (χ0) is 27.4. The number of nitrogens with zero attached hydrogens (tertiary/aromatic N) is 5. The van der Waals surface area contributed by atoms with Crippen LogP contribution in [0, 0.1) is 11.3 Å².